The van der Waals surface area contributed by atoms with Gasteiger partial charge in [0, 0.05) is 5.92 Å². The molecule has 0 bridgehead atoms. The van der Waals surface area contributed by atoms with E-state index in [4.69, 9.17) is 4.52 Å². The molecule has 0 unspecified atom stereocenters. The molecule has 0 atom stereocenters. The van der Waals surface area contributed by atoms with Gasteiger partial charge >= 0.3 is 0 Å². The zero-order valence-corrected chi connectivity index (χ0v) is 12.5. The van der Waals surface area contributed by atoms with Crippen LogP contribution in [0.25, 0.3) is 0 Å². The first-order chi connectivity index (χ1) is 9.13. The maximum Gasteiger partial charge on any atom is 0.246 e. The van der Waals surface area contributed by atoms with Crippen LogP contribution in [0.15, 0.2) is 4.52 Å². The molecule has 1 fully saturated rings. The van der Waals surface area contributed by atoms with Crippen molar-refractivity contribution in [1.82, 2.24) is 15.5 Å². The first-order valence-corrected chi connectivity index (χ1v) is 7.72. The summed E-state index contributed by atoms with van der Waals surface area (Å²) in [6.07, 6.45) is 9.10. The standard InChI is InChI=1S/C15H27N3O/c1-4-16-15(2,3)14-17-13(18-19-14)12-10-8-6-5-7-9-11-12/h12,16H,4-11H2,1-3H3. The molecular formula is C15H27N3O. The van der Waals surface area contributed by atoms with Crippen LogP contribution >= 0.6 is 0 Å². The van der Waals surface area contributed by atoms with Crippen LogP contribution in [0.5, 0.6) is 0 Å². The van der Waals surface area contributed by atoms with Gasteiger partial charge in [-0.05, 0) is 33.2 Å². The maximum absolute atomic E-state index is 5.48. The molecule has 1 heterocycles. The van der Waals surface area contributed by atoms with E-state index in [1.54, 1.807) is 0 Å². The van der Waals surface area contributed by atoms with Gasteiger partial charge in [-0.1, -0.05) is 44.2 Å². The lowest BCUT2D eigenvalue weighted by atomic mass is 9.91. The van der Waals surface area contributed by atoms with Gasteiger partial charge in [-0.3, -0.25) is 0 Å². The minimum Gasteiger partial charge on any atom is -0.337 e. The molecule has 0 saturated heterocycles. The molecule has 1 N–H and O–H groups in total. The SMILES string of the molecule is CCNC(C)(C)c1nc(C2CCCCCCC2)no1. The number of hydrogen-bond acceptors (Lipinski definition) is 4. The van der Waals surface area contributed by atoms with Crippen molar-refractivity contribution in [1.29, 1.82) is 0 Å². The van der Waals surface area contributed by atoms with Gasteiger partial charge in [0.2, 0.25) is 5.89 Å². The summed E-state index contributed by atoms with van der Waals surface area (Å²) in [6.45, 7) is 7.17. The van der Waals surface area contributed by atoms with E-state index in [-0.39, 0.29) is 5.54 Å². The summed E-state index contributed by atoms with van der Waals surface area (Å²) in [5, 5.41) is 7.62. The zero-order valence-electron chi connectivity index (χ0n) is 12.5. The predicted octanol–water partition coefficient (Wildman–Crippen LogP) is 3.74. The fourth-order valence-corrected chi connectivity index (χ4v) is 2.89. The van der Waals surface area contributed by atoms with Crippen molar-refractivity contribution in [2.75, 3.05) is 6.54 Å². The van der Waals surface area contributed by atoms with E-state index in [0.717, 1.165) is 12.4 Å². The smallest absolute Gasteiger partial charge is 0.246 e. The first kappa shape index (κ1) is 14.5. The lowest BCUT2D eigenvalue weighted by Crippen LogP contribution is -2.36. The Hall–Kier alpha value is -0.900. The Labute approximate surface area is 116 Å². The molecule has 0 spiro atoms. The number of nitrogens with one attached hydrogen (secondary N) is 1. The van der Waals surface area contributed by atoms with Crippen molar-refractivity contribution in [2.45, 2.75) is 77.2 Å². The van der Waals surface area contributed by atoms with Gasteiger partial charge in [-0.25, -0.2) is 0 Å². The quantitative estimate of drug-likeness (QED) is 0.901. The summed E-state index contributed by atoms with van der Waals surface area (Å²) >= 11 is 0. The molecular weight excluding hydrogens is 238 g/mol. The fraction of sp³-hybridized carbons (Fsp3) is 0.867. The van der Waals surface area contributed by atoms with Gasteiger partial charge in [0.15, 0.2) is 5.82 Å². The molecule has 4 nitrogen and oxygen atoms in total. The van der Waals surface area contributed by atoms with E-state index < -0.39 is 0 Å². The lowest BCUT2D eigenvalue weighted by Gasteiger charge is -2.20. The van der Waals surface area contributed by atoms with Crippen molar-refractivity contribution >= 4 is 0 Å². The molecule has 1 aliphatic carbocycles. The molecule has 0 amide bonds. The van der Waals surface area contributed by atoms with Crippen molar-refractivity contribution in [3.63, 3.8) is 0 Å². The van der Waals surface area contributed by atoms with Crippen LogP contribution in [-0.4, -0.2) is 16.7 Å². The molecule has 108 valence electrons. The Balaban J connectivity index is 2.06. The molecule has 19 heavy (non-hydrogen) atoms. The Morgan fingerprint density at radius 1 is 1.16 bits per heavy atom. The second-order valence-corrected chi connectivity index (χ2v) is 6.16. The van der Waals surface area contributed by atoms with Gasteiger partial charge in [0.1, 0.15) is 0 Å². The predicted molar refractivity (Wildman–Crippen MR) is 76.1 cm³/mol. The van der Waals surface area contributed by atoms with Crippen LogP contribution in [0.4, 0.5) is 0 Å². The Bertz CT molecular complexity index is 378. The largest absolute Gasteiger partial charge is 0.337 e. The van der Waals surface area contributed by atoms with E-state index in [2.05, 4.69) is 36.2 Å². The molecule has 0 aromatic carbocycles. The average Bonchev–Trinajstić information content (AvgIpc) is 2.78. The number of hydrogen-bond donors (Lipinski definition) is 1. The fourth-order valence-electron chi connectivity index (χ4n) is 2.89. The number of aromatic nitrogens is 2. The van der Waals surface area contributed by atoms with E-state index in [1.807, 2.05) is 0 Å². The van der Waals surface area contributed by atoms with Crippen molar-refractivity contribution < 1.29 is 4.52 Å². The van der Waals surface area contributed by atoms with Gasteiger partial charge in [0.05, 0.1) is 5.54 Å². The molecule has 0 aliphatic heterocycles. The van der Waals surface area contributed by atoms with Crippen LogP contribution in [-0.2, 0) is 5.54 Å². The summed E-state index contributed by atoms with van der Waals surface area (Å²) in [7, 11) is 0. The van der Waals surface area contributed by atoms with E-state index >= 15 is 0 Å². The monoisotopic (exact) mass is 265 g/mol. The zero-order chi connectivity index (χ0) is 13.7. The van der Waals surface area contributed by atoms with Crippen molar-refractivity contribution in [3.8, 4) is 0 Å². The summed E-state index contributed by atoms with van der Waals surface area (Å²) in [4.78, 5) is 4.66. The van der Waals surface area contributed by atoms with Crippen LogP contribution in [0.1, 0.15) is 83.3 Å². The highest BCUT2D eigenvalue weighted by Gasteiger charge is 2.28. The first-order valence-electron chi connectivity index (χ1n) is 7.72. The Kier molecular flexibility index (Phi) is 4.97. The molecule has 0 radical (unpaired) electrons. The third kappa shape index (κ3) is 3.78. The number of nitrogens with zero attached hydrogens (tertiary/aromatic N) is 2. The van der Waals surface area contributed by atoms with Crippen LogP contribution in [0.2, 0.25) is 0 Å². The highest BCUT2D eigenvalue weighted by atomic mass is 16.5. The summed E-state index contributed by atoms with van der Waals surface area (Å²) in [6, 6.07) is 0. The van der Waals surface area contributed by atoms with Gasteiger partial charge in [-0.2, -0.15) is 4.98 Å². The van der Waals surface area contributed by atoms with E-state index in [1.165, 1.54) is 44.9 Å². The molecule has 1 aliphatic rings. The van der Waals surface area contributed by atoms with Gasteiger partial charge < -0.3 is 9.84 Å². The van der Waals surface area contributed by atoms with Gasteiger partial charge in [0.25, 0.3) is 0 Å². The van der Waals surface area contributed by atoms with Crippen molar-refractivity contribution in [2.24, 2.45) is 0 Å². The molecule has 4 heteroatoms. The van der Waals surface area contributed by atoms with Crippen LogP contribution in [0, 0.1) is 0 Å². The van der Waals surface area contributed by atoms with Gasteiger partial charge in [-0.15, -0.1) is 0 Å². The second kappa shape index (κ2) is 6.51. The van der Waals surface area contributed by atoms with E-state index in [0.29, 0.717) is 11.8 Å². The molecule has 2 rings (SSSR count). The van der Waals surface area contributed by atoms with E-state index in [9.17, 15) is 0 Å². The minimum atomic E-state index is -0.235. The highest BCUT2D eigenvalue weighted by Crippen LogP contribution is 2.30. The minimum absolute atomic E-state index is 0.235. The molecule has 1 aromatic rings. The summed E-state index contributed by atoms with van der Waals surface area (Å²) < 4.78 is 5.48. The maximum atomic E-state index is 5.48. The summed E-state index contributed by atoms with van der Waals surface area (Å²) in [5.74, 6) is 2.13. The lowest BCUT2D eigenvalue weighted by molar-refractivity contribution is 0.269. The van der Waals surface area contributed by atoms with Crippen molar-refractivity contribution in [3.05, 3.63) is 11.7 Å². The second-order valence-electron chi connectivity index (χ2n) is 6.16. The third-order valence-electron chi connectivity index (χ3n) is 4.07. The Morgan fingerprint density at radius 3 is 2.42 bits per heavy atom. The Morgan fingerprint density at radius 2 is 1.79 bits per heavy atom. The normalized spacial score (nSPS) is 19.1. The summed E-state index contributed by atoms with van der Waals surface area (Å²) in [5.41, 5.74) is -0.235. The highest BCUT2D eigenvalue weighted by molar-refractivity contribution is 5.02. The number of rotatable bonds is 4. The average molecular weight is 265 g/mol. The van der Waals surface area contributed by atoms with Crippen LogP contribution in [0.3, 0.4) is 0 Å². The topological polar surface area (TPSA) is 51.0 Å². The molecule has 1 saturated carbocycles. The molecule has 1 aromatic heterocycles. The van der Waals surface area contributed by atoms with Crippen LogP contribution < -0.4 is 5.32 Å². The third-order valence-corrected chi connectivity index (χ3v) is 4.07.